The number of hydrogen-bond acceptors (Lipinski definition) is 6. The highest BCUT2D eigenvalue weighted by Crippen LogP contribution is 2.17. The Kier molecular flexibility index (Phi) is 7.47. The molecule has 8 heteroatoms. The van der Waals surface area contributed by atoms with E-state index in [1.54, 1.807) is 36.4 Å². The number of carbonyl (C=O) groups is 4. The number of carbonyl (C=O) groups excluding carboxylic acids is 4. The van der Waals surface area contributed by atoms with E-state index in [0.29, 0.717) is 5.56 Å². The Balaban J connectivity index is 1.85. The highest BCUT2D eigenvalue weighted by atomic mass is 16.6. The maximum absolute atomic E-state index is 12.2. The first kappa shape index (κ1) is 21.6. The van der Waals surface area contributed by atoms with Gasteiger partial charge in [-0.3, -0.25) is 14.4 Å². The lowest BCUT2D eigenvalue weighted by atomic mass is 10.0. The van der Waals surface area contributed by atoms with Gasteiger partial charge in [0.1, 0.15) is 5.75 Å². The second-order valence-electron chi connectivity index (χ2n) is 6.28. The predicted octanol–water partition coefficient (Wildman–Crippen LogP) is 1.79. The van der Waals surface area contributed by atoms with Gasteiger partial charge in [0.2, 0.25) is 5.91 Å². The van der Waals surface area contributed by atoms with E-state index in [0.717, 1.165) is 5.56 Å². The van der Waals surface area contributed by atoms with E-state index in [2.05, 4.69) is 5.32 Å². The van der Waals surface area contributed by atoms with Crippen LogP contribution in [0.4, 0.5) is 0 Å². The van der Waals surface area contributed by atoms with E-state index in [1.165, 1.54) is 19.1 Å². The molecular weight excluding hydrogens is 376 g/mol. The maximum atomic E-state index is 12.2. The monoisotopic (exact) mass is 398 g/mol. The van der Waals surface area contributed by atoms with Crippen molar-refractivity contribution < 1.29 is 28.7 Å². The Morgan fingerprint density at radius 2 is 1.66 bits per heavy atom. The van der Waals surface area contributed by atoms with Gasteiger partial charge in [0.15, 0.2) is 19.0 Å². The van der Waals surface area contributed by atoms with E-state index >= 15 is 0 Å². The lowest BCUT2D eigenvalue weighted by Gasteiger charge is -2.13. The fraction of sp³-hybridized carbons (Fsp3) is 0.238. The number of nitrogens with two attached hydrogens (primary N) is 1. The summed E-state index contributed by atoms with van der Waals surface area (Å²) in [5.41, 5.74) is 6.59. The largest absolute Gasteiger partial charge is 0.481 e. The lowest BCUT2D eigenvalue weighted by Crippen LogP contribution is -2.23. The molecule has 0 heterocycles. The Morgan fingerprint density at radius 1 is 1.00 bits per heavy atom. The Hall–Kier alpha value is -3.68. The van der Waals surface area contributed by atoms with Gasteiger partial charge in [-0.25, -0.2) is 4.79 Å². The van der Waals surface area contributed by atoms with Crippen LogP contribution in [0.1, 0.15) is 46.2 Å². The van der Waals surface area contributed by atoms with Crippen LogP contribution in [0.5, 0.6) is 5.75 Å². The quantitative estimate of drug-likeness (QED) is 0.490. The summed E-state index contributed by atoms with van der Waals surface area (Å²) in [6, 6.07) is 12.7. The van der Waals surface area contributed by atoms with E-state index in [1.807, 2.05) is 6.92 Å². The lowest BCUT2D eigenvalue weighted by molar-refractivity contribution is -0.144. The summed E-state index contributed by atoms with van der Waals surface area (Å²) in [6.07, 6.45) is 0. The Bertz CT molecular complexity index is 908. The second-order valence-corrected chi connectivity index (χ2v) is 6.28. The van der Waals surface area contributed by atoms with Crippen LogP contribution in [-0.2, 0) is 14.3 Å². The summed E-state index contributed by atoms with van der Waals surface area (Å²) in [7, 11) is 0. The van der Waals surface area contributed by atoms with Crippen LogP contribution in [0.3, 0.4) is 0 Å². The summed E-state index contributed by atoms with van der Waals surface area (Å²) < 4.78 is 10.2. The minimum absolute atomic E-state index is 0.143. The molecule has 2 aromatic rings. The van der Waals surface area contributed by atoms with Crippen LogP contribution < -0.4 is 15.8 Å². The SMILES string of the molecule is CC(=O)N[C@H](C)c1ccc(C(=O)COC(=O)COc2ccccc2C(N)=O)cc1. The van der Waals surface area contributed by atoms with E-state index in [-0.39, 0.29) is 29.0 Å². The fourth-order valence-corrected chi connectivity index (χ4v) is 2.55. The Morgan fingerprint density at radius 3 is 2.28 bits per heavy atom. The van der Waals surface area contributed by atoms with Gasteiger partial charge in [-0.15, -0.1) is 0 Å². The molecule has 0 aliphatic rings. The summed E-state index contributed by atoms with van der Waals surface area (Å²) >= 11 is 0. The molecule has 2 aromatic carbocycles. The highest BCUT2D eigenvalue weighted by Gasteiger charge is 2.14. The van der Waals surface area contributed by atoms with Crippen molar-refractivity contribution in [3.05, 3.63) is 65.2 Å². The average molecular weight is 398 g/mol. The summed E-state index contributed by atoms with van der Waals surface area (Å²) in [6.45, 7) is 2.35. The van der Waals surface area contributed by atoms with Gasteiger partial charge in [0.25, 0.3) is 5.91 Å². The molecule has 0 aliphatic carbocycles. The van der Waals surface area contributed by atoms with Gasteiger partial charge in [-0.2, -0.15) is 0 Å². The molecule has 0 bridgehead atoms. The zero-order valence-electron chi connectivity index (χ0n) is 16.1. The normalized spacial score (nSPS) is 11.2. The number of ketones is 1. The molecule has 0 spiro atoms. The smallest absolute Gasteiger partial charge is 0.344 e. The number of Topliss-reactive ketones (excluding diaryl/α,β-unsaturated/α-hetero) is 1. The molecule has 0 saturated carbocycles. The number of nitrogens with one attached hydrogen (secondary N) is 1. The average Bonchev–Trinajstić information content (AvgIpc) is 2.70. The molecule has 0 fully saturated rings. The van der Waals surface area contributed by atoms with Crippen LogP contribution in [0.2, 0.25) is 0 Å². The number of esters is 1. The fourth-order valence-electron chi connectivity index (χ4n) is 2.55. The summed E-state index contributed by atoms with van der Waals surface area (Å²) in [5.74, 6) is -1.80. The third-order valence-corrected chi connectivity index (χ3v) is 4.01. The number of ether oxygens (including phenoxy) is 2. The first-order valence-electron chi connectivity index (χ1n) is 8.85. The van der Waals surface area contributed by atoms with Crippen LogP contribution >= 0.6 is 0 Å². The third kappa shape index (κ3) is 6.46. The van der Waals surface area contributed by atoms with Crippen molar-refractivity contribution in [1.82, 2.24) is 5.32 Å². The molecule has 3 N–H and O–H groups in total. The number of amides is 2. The van der Waals surface area contributed by atoms with Crippen molar-refractivity contribution in [1.29, 1.82) is 0 Å². The molecule has 0 radical (unpaired) electrons. The summed E-state index contributed by atoms with van der Waals surface area (Å²) in [4.78, 5) is 46.4. The van der Waals surface area contributed by atoms with Crippen molar-refractivity contribution in [2.24, 2.45) is 5.73 Å². The van der Waals surface area contributed by atoms with Gasteiger partial charge in [-0.05, 0) is 24.6 Å². The Labute approximate surface area is 168 Å². The molecule has 152 valence electrons. The molecule has 1 atom stereocenters. The molecule has 2 rings (SSSR count). The van der Waals surface area contributed by atoms with Gasteiger partial charge < -0.3 is 20.5 Å². The molecule has 0 aromatic heterocycles. The molecule has 29 heavy (non-hydrogen) atoms. The molecule has 2 amide bonds. The number of rotatable bonds is 9. The van der Waals surface area contributed by atoms with Gasteiger partial charge in [0, 0.05) is 12.5 Å². The van der Waals surface area contributed by atoms with Crippen LogP contribution in [0, 0.1) is 0 Å². The van der Waals surface area contributed by atoms with Gasteiger partial charge in [-0.1, -0.05) is 36.4 Å². The van der Waals surface area contributed by atoms with Crippen LogP contribution in [0.25, 0.3) is 0 Å². The van der Waals surface area contributed by atoms with Crippen molar-refractivity contribution in [2.75, 3.05) is 13.2 Å². The van der Waals surface area contributed by atoms with Crippen molar-refractivity contribution in [3.8, 4) is 5.75 Å². The maximum Gasteiger partial charge on any atom is 0.344 e. The molecule has 8 nitrogen and oxygen atoms in total. The third-order valence-electron chi connectivity index (χ3n) is 4.01. The predicted molar refractivity (Wildman–Crippen MR) is 104 cm³/mol. The minimum atomic E-state index is -0.756. The van der Waals surface area contributed by atoms with E-state index < -0.39 is 25.1 Å². The van der Waals surface area contributed by atoms with Crippen molar-refractivity contribution in [3.63, 3.8) is 0 Å². The van der Waals surface area contributed by atoms with Gasteiger partial charge in [0.05, 0.1) is 11.6 Å². The van der Waals surface area contributed by atoms with Crippen molar-refractivity contribution >= 4 is 23.6 Å². The highest BCUT2D eigenvalue weighted by molar-refractivity contribution is 5.98. The second kappa shape index (κ2) is 10.0. The number of benzene rings is 2. The minimum Gasteiger partial charge on any atom is -0.481 e. The van der Waals surface area contributed by atoms with E-state index in [9.17, 15) is 19.2 Å². The topological polar surface area (TPSA) is 125 Å². The van der Waals surface area contributed by atoms with Crippen molar-refractivity contribution in [2.45, 2.75) is 19.9 Å². The zero-order chi connectivity index (χ0) is 21.4. The zero-order valence-corrected chi connectivity index (χ0v) is 16.1. The number of hydrogen-bond donors (Lipinski definition) is 2. The standard InChI is InChI=1S/C21H22N2O6/c1-13(23-14(2)24)15-7-9-16(10-8-15)18(25)11-29-20(26)12-28-19-6-4-3-5-17(19)21(22)27/h3-10,13H,11-12H2,1-2H3,(H2,22,27)(H,23,24)/t13-/m1/s1. The number of para-hydroxylation sites is 1. The molecular formula is C21H22N2O6. The number of primary amides is 1. The first-order valence-corrected chi connectivity index (χ1v) is 8.85. The van der Waals surface area contributed by atoms with Crippen LogP contribution in [-0.4, -0.2) is 36.8 Å². The molecule has 0 saturated heterocycles. The first-order chi connectivity index (χ1) is 13.8. The van der Waals surface area contributed by atoms with Gasteiger partial charge >= 0.3 is 5.97 Å². The molecule has 0 aliphatic heterocycles. The van der Waals surface area contributed by atoms with E-state index in [4.69, 9.17) is 15.2 Å². The summed E-state index contributed by atoms with van der Waals surface area (Å²) in [5, 5.41) is 2.75. The van der Waals surface area contributed by atoms with Crippen LogP contribution in [0.15, 0.2) is 48.5 Å². The molecule has 0 unspecified atom stereocenters.